The van der Waals surface area contributed by atoms with Crippen LogP contribution in [0.4, 0.5) is 0 Å². The van der Waals surface area contributed by atoms with Crippen molar-refractivity contribution in [1.29, 1.82) is 0 Å². The van der Waals surface area contributed by atoms with Crippen LogP contribution in [0, 0.1) is 0 Å². The first kappa shape index (κ1) is 19.4. The Labute approximate surface area is 166 Å². The van der Waals surface area contributed by atoms with Gasteiger partial charge in [-0.1, -0.05) is 43.2 Å². The minimum Gasteiger partial charge on any atom is -0.455 e. The Hall–Kier alpha value is -1.89. The van der Waals surface area contributed by atoms with E-state index in [-0.39, 0.29) is 42.1 Å². The summed E-state index contributed by atoms with van der Waals surface area (Å²) in [7, 11) is -3.09. The van der Waals surface area contributed by atoms with Gasteiger partial charge in [0.15, 0.2) is 16.4 Å². The fourth-order valence-electron chi connectivity index (χ4n) is 4.72. The molecule has 1 saturated heterocycles. The Kier molecular flexibility index (Phi) is 5.21. The summed E-state index contributed by atoms with van der Waals surface area (Å²) in [5.74, 6) is -0.453. The van der Waals surface area contributed by atoms with E-state index in [2.05, 4.69) is 0 Å². The van der Waals surface area contributed by atoms with Crippen LogP contribution in [0.2, 0.25) is 0 Å². The first-order chi connectivity index (χ1) is 13.4. The highest BCUT2D eigenvalue weighted by Gasteiger charge is 2.53. The molecule has 1 aliphatic heterocycles. The molecule has 0 aromatic heterocycles. The molecule has 1 aromatic carbocycles. The van der Waals surface area contributed by atoms with Crippen LogP contribution >= 0.6 is 0 Å². The third-order valence-electron chi connectivity index (χ3n) is 6.40. The number of nitrogens with zero attached hydrogens (tertiary/aromatic N) is 1. The normalized spacial score (nSPS) is 25.4. The van der Waals surface area contributed by atoms with Gasteiger partial charge in [0, 0.05) is 12.1 Å². The Morgan fingerprint density at radius 1 is 1.04 bits per heavy atom. The molecule has 4 rings (SSSR count). The maximum absolute atomic E-state index is 13.0. The highest BCUT2D eigenvalue weighted by molar-refractivity contribution is 7.91. The number of rotatable bonds is 6. The molecule has 0 N–H and O–H groups in total. The number of ether oxygens (including phenoxy) is 1. The molecule has 2 aliphatic carbocycles. The van der Waals surface area contributed by atoms with Crippen molar-refractivity contribution in [1.82, 2.24) is 4.90 Å². The van der Waals surface area contributed by atoms with Crippen LogP contribution in [0.15, 0.2) is 30.3 Å². The lowest BCUT2D eigenvalue weighted by Crippen LogP contribution is -2.48. The Balaban J connectivity index is 1.42. The molecule has 1 atom stereocenters. The first-order valence-electron chi connectivity index (χ1n) is 10.2. The summed E-state index contributed by atoms with van der Waals surface area (Å²) in [6.07, 6.45) is 5.82. The van der Waals surface area contributed by atoms with E-state index in [4.69, 9.17) is 4.74 Å². The van der Waals surface area contributed by atoms with Crippen LogP contribution in [0.5, 0.6) is 0 Å². The predicted molar refractivity (Wildman–Crippen MR) is 104 cm³/mol. The van der Waals surface area contributed by atoms with Crippen LogP contribution in [0.1, 0.15) is 50.5 Å². The third-order valence-corrected chi connectivity index (χ3v) is 8.15. The molecule has 1 heterocycles. The molecule has 0 radical (unpaired) electrons. The summed E-state index contributed by atoms with van der Waals surface area (Å²) >= 11 is 0. The smallest absolute Gasteiger partial charge is 0.317 e. The summed E-state index contributed by atoms with van der Waals surface area (Å²) in [6, 6.07) is 9.32. The van der Waals surface area contributed by atoms with E-state index in [1.807, 2.05) is 30.3 Å². The van der Waals surface area contributed by atoms with Crippen molar-refractivity contribution in [3.05, 3.63) is 35.9 Å². The van der Waals surface area contributed by atoms with Crippen LogP contribution in [-0.4, -0.2) is 55.4 Å². The molecule has 3 fully saturated rings. The predicted octanol–water partition coefficient (Wildman–Crippen LogP) is 2.22. The van der Waals surface area contributed by atoms with Crippen molar-refractivity contribution in [3.63, 3.8) is 0 Å². The average molecular weight is 406 g/mol. The lowest BCUT2D eigenvalue weighted by Gasteiger charge is -2.34. The molecule has 6 nitrogen and oxygen atoms in total. The molecule has 28 heavy (non-hydrogen) atoms. The van der Waals surface area contributed by atoms with Crippen LogP contribution < -0.4 is 0 Å². The van der Waals surface area contributed by atoms with Gasteiger partial charge in [0.05, 0.1) is 16.9 Å². The average Bonchev–Trinajstić information content (AvgIpc) is 3.18. The second-order valence-electron chi connectivity index (χ2n) is 8.32. The number of carbonyl (C=O) groups is 2. The van der Waals surface area contributed by atoms with Crippen LogP contribution in [0.25, 0.3) is 0 Å². The van der Waals surface area contributed by atoms with Crippen molar-refractivity contribution in [2.24, 2.45) is 0 Å². The topological polar surface area (TPSA) is 80.8 Å². The molecule has 7 heteroatoms. The number of benzene rings is 1. The van der Waals surface area contributed by atoms with Gasteiger partial charge in [-0.3, -0.25) is 9.59 Å². The maximum atomic E-state index is 13.0. The molecule has 152 valence electrons. The Morgan fingerprint density at radius 3 is 2.29 bits per heavy atom. The number of hydrogen-bond donors (Lipinski definition) is 0. The van der Waals surface area contributed by atoms with Gasteiger partial charge in [0.2, 0.25) is 0 Å². The van der Waals surface area contributed by atoms with E-state index < -0.39 is 15.3 Å². The Morgan fingerprint density at radius 2 is 1.71 bits per heavy atom. The van der Waals surface area contributed by atoms with Crippen molar-refractivity contribution in [3.8, 4) is 0 Å². The van der Waals surface area contributed by atoms with Gasteiger partial charge in [-0.05, 0) is 37.7 Å². The van der Waals surface area contributed by atoms with E-state index >= 15 is 0 Å². The molecule has 0 unspecified atom stereocenters. The second-order valence-corrected chi connectivity index (χ2v) is 10.5. The lowest BCUT2D eigenvalue weighted by atomic mass is 9.96. The van der Waals surface area contributed by atoms with Crippen LogP contribution in [-0.2, 0) is 29.6 Å². The number of carbonyl (C=O) groups excluding carboxylic acids is 2. The summed E-state index contributed by atoms with van der Waals surface area (Å²) in [6.45, 7) is -0.305. The second kappa shape index (κ2) is 7.50. The van der Waals surface area contributed by atoms with Crippen LogP contribution in [0.3, 0.4) is 0 Å². The molecule has 3 aliphatic rings. The summed E-state index contributed by atoms with van der Waals surface area (Å²) in [4.78, 5) is 27.4. The van der Waals surface area contributed by atoms with Gasteiger partial charge in [-0.2, -0.15) is 0 Å². The van der Waals surface area contributed by atoms with E-state index in [1.54, 1.807) is 4.90 Å². The summed E-state index contributed by atoms with van der Waals surface area (Å²) < 4.78 is 29.3. The molecule has 0 spiro atoms. The first-order valence-corrected chi connectivity index (χ1v) is 12.0. The fraction of sp³-hybridized carbons (Fsp3) is 0.619. The minimum absolute atomic E-state index is 0.0249. The van der Waals surface area contributed by atoms with Gasteiger partial charge in [-0.25, -0.2) is 8.42 Å². The monoisotopic (exact) mass is 405 g/mol. The van der Waals surface area contributed by atoms with E-state index in [0.29, 0.717) is 6.42 Å². The highest BCUT2D eigenvalue weighted by Crippen LogP contribution is 2.49. The van der Waals surface area contributed by atoms with Gasteiger partial charge >= 0.3 is 5.97 Å². The number of amides is 1. The van der Waals surface area contributed by atoms with Gasteiger partial charge in [0.1, 0.15) is 0 Å². The molecular formula is C21H27NO5S. The molecule has 1 aromatic rings. The summed E-state index contributed by atoms with van der Waals surface area (Å²) in [5, 5.41) is 0. The zero-order chi connectivity index (χ0) is 19.8. The molecule has 1 amide bonds. The fourth-order valence-corrected chi connectivity index (χ4v) is 6.43. The van der Waals surface area contributed by atoms with E-state index in [9.17, 15) is 18.0 Å². The SMILES string of the molecule is O=C(COC(=O)C1(c2ccccc2)CC1)N(C1CCCC1)[C@H]1CCS(=O)(=O)C1. The number of sulfone groups is 1. The maximum Gasteiger partial charge on any atom is 0.317 e. The van der Waals surface area contributed by atoms with E-state index in [0.717, 1.165) is 44.1 Å². The quantitative estimate of drug-likeness (QED) is 0.678. The van der Waals surface area contributed by atoms with E-state index in [1.165, 1.54) is 0 Å². The number of esters is 1. The molecule has 0 bridgehead atoms. The zero-order valence-electron chi connectivity index (χ0n) is 16.0. The minimum atomic E-state index is -3.09. The van der Waals surface area contributed by atoms with Crippen molar-refractivity contribution >= 4 is 21.7 Å². The summed E-state index contributed by atoms with van der Waals surface area (Å²) in [5.41, 5.74) is 0.318. The van der Waals surface area contributed by atoms with Crippen molar-refractivity contribution in [2.75, 3.05) is 18.1 Å². The molecular weight excluding hydrogens is 378 g/mol. The third kappa shape index (κ3) is 3.81. The number of hydrogen-bond acceptors (Lipinski definition) is 5. The largest absolute Gasteiger partial charge is 0.455 e. The Bertz CT molecular complexity index is 841. The van der Waals surface area contributed by atoms with Crippen molar-refractivity contribution < 1.29 is 22.7 Å². The van der Waals surface area contributed by atoms with Crippen molar-refractivity contribution in [2.45, 2.75) is 62.4 Å². The van der Waals surface area contributed by atoms with Gasteiger partial charge in [0.25, 0.3) is 5.91 Å². The zero-order valence-corrected chi connectivity index (χ0v) is 16.8. The standard InChI is InChI=1S/C21H27NO5S/c23-19(14-27-20(24)21(11-12-21)16-6-2-1-3-7-16)22(17-8-4-5-9-17)18-10-13-28(25,26)15-18/h1-3,6-7,17-18H,4-5,8-15H2/t18-/m0/s1. The molecule has 2 saturated carbocycles. The highest BCUT2D eigenvalue weighted by atomic mass is 32.2. The van der Waals surface area contributed by atoms with Gasteiger partial charge in [-0.15, -0.1) is 0 Å². The van der Waals surface area contributed by atoms with Gasteiger partial charge < -0.3 is 9.64 Å². The lowest BCUT2D eigenvalue weighted by molar-refractivity contribution is -0.156.